The Bertz CT molecular complexity index is 578. The van der Waals surface area contributed by atoms with Crippen molar-refractivity contribution in [2.24, 2.45) is 0 Å². The number of carbonyl (C=O) groups excluding carboxylic acids is 2. The summed E-state index contributed by atoms with van der Waals surface area (Å²) < 4.78 is 13.0. The molecular weight excluding hydrogens is 299 g/mol. The Kier molecular flexibility index (Phi) is 4.76. The Hall–Kier alpha value is -2.15. The summed E-state index contributed by atoms with van der Waals surface area (Å²) >= 11 is 0. The van der Waals surface area contributed by atoms with E-state index in [1.165, 1.54) is 12.1 Å². The summed E-state index contributed by atoms with van der Waals surface area (Å²) in [4.78, 5) is 27.7. The standard InChI is InChI=1S/C16H21FN4O2/c17-13-4-2-12(3-5-13)11-20-6-1-7-21(9-8-20)15(22)14-10-18-16(23)19-14/h2-5,14H,1,6-11H2,(H2,18,19,23)/t14-/m1/s1. The van der Waals surface area contributed by atoms with Gasteiger partial charge < -0.3 is 15.5 Å². The van der Waals surface area contributed by atoms with E-state index in [2.05, 4.69) is 15.5 Å². The molecule has 6 nitrogen and oxygen atoms in total. The van der Waals surface area contributed by atoms with Crippen LogP contribution >= 0.6 is 0 Å². The van der Waals surface area contributed by atoms with Gasteiger partial charge in [0.15, 0.2) is 0 Å². The molecular formula is C16H21FN4O2. The first kappa shape index (κ1) is 15.7. The fourth-order valence-electron chi connectivity index (χ4n) is 3.02. The lowest BCUT2D eigenvalue weighted by atomic mass is 10.2. The highest BCUT2D eigenvalue weighted by Crippen LogP contribution is 2.11. The molecule has 0 saturated carbocycles. The van der Waals surface area contributed by atoms with E-state index in [1.54, 1.807) is 12.1 Å². The lowest BCUT2D eigenvalue weighted by Gasteiger charge is -2.24. The summed E-state index contributed by atoms with van der Waals surface area (Å²) in [6, 6.07) is 5.80. The second kappa shape index (κ2) is 6.95. The van der Waals surface area contributed by atoms with Gasteiger partial charge in [-0.15, -0.1) is 0 Å². The SMILES string of the molecule is O=C1NC[C@H](C(=O)N2CCCN(Cc3ccc(F)cc3)CC2)N1. The van der Waals surface area contributed by atoms with E-state index in [1.807, 2.05) is 4.90 Å². The van der Waals surface area contributed by atoms with Gasteiger partial charge in [-0.05, 0) is 24.1 Å². The van der Waals surface area contributed by atoms with Crippen molar-refractivity contribution in [2.45, 2.75) is 19.0 Å². The van der Waals surface area contributed by atoms with Crippen LogP contribution in [0.2, 0.25) is 0 Å². The Morgan fingerprint density at radius 3 is 2.65 bits per heavy atom. The fraction of sp³-hybridized carbons (Fsp3) is 0.500. The van der Waals surface area contributed by atoms with Gasteiger partial charge in [-0.1, -0.05) is 12.1 Å². The largest absolute Gasteiger partial charge is 0.340 e. The predicted molar refractivity (Wildman–Crippen MR) is 83.2 cm³/mol. The van der Waals surface area contributed by atoms with Crippen LogP contribution < -0.4 is 10.6 Å². The topological polar surface area (TPSA) is 64.7 Å². The average Bonchev–Trinajstić information content (AvgIpc) is 2.84. The molecule has 0 aliphatic carbocycles. The summed E-state index contributed by atoms with van der Waals surface area (Å²) in [6.07, 6.45) is 0.890. The van der Waals surface area contributed by atoms with E-state index in [0.29, 0.717) is 19.6 Å². The van der Waals surface area contributed by atoms with Crippen molar-refractivity contribution in [3.8, 4) is 0 Å². The molecule has 1 aromatic rings. The molecule has 0 radical (unpaired) electrons. The maximum Gasteiger partial charge on any atom is 0.315 e. The lowest BCUT2D eigenvalue weighted by Crippen LogP contribution is -2.46. The second-order valence-corrected chi connectivity index (χ2v) is 5.99. The van der Waals surface area contributed by atoms with Crippen LogP contribution in [-0.4, -0.2) is 60.5 Å². The smallest absolute Gasteiger partial charge is 0.315 e. The minimum absolute atomic E-state index is 0.0213. The van der Waals surface area contributed by atoms with Gasteiger partial charge in [0.25, 0.3) is 0 Å². The fourth-order valence-corrected chi connectivity index (χ4v) is 3.02. The van der Waals surface area contributed by atoms with E-state index in [0.717, 1.165) is 31.6 Å². The van der Waals surface area contributed by atoms with Crippen molar-refractivity contribution >= 4 is 11.9 Å². The zero-order chi connectivity index (χ0) is 16.2. The minimum atomic E-state index is -0.453. The Balaban J connectivity index is 1.53. The summed E-state index contributed by atoms with van der Waals surface area (Å²) in [5.74, 6) is -0.249. The zero-order valence-electron chi connectivity index (χ0n) is 12.9. The average molecular weight is 320 g/mol. The van der Waals surface area contributed by atoms with E-state index in [9.17, 15) is 14.0 Å². The van der Waals surface area contributed by atoms with E-state index in [-0.39, 0.29) is 17.8 Å². The first-order chi connectivity index (χ1) is 11.1. The number of halogens is 1. The van der Waals surface area contributed by atoms with Crippen LogP contribution in [0.4, 0.5) is 9.18 Å². The Morgan fingerprint density at radius 1 is 1.17 bits per heavy atom. The van der Waals surface area contributed by atoms with Gasteiger partial charge in [-0.2, -0.15) is 0 Å². The number of carbonyl (C=O) groups is 2. The molecule has 0 unspecified atom stereocenters. The Labute approximate surface area is 134 Å². The van der Waals surface area contributed by atoms with Crippen LogP contribution in [0, 0.1) is 5.82 Å². The van der Waals surface area contributed by atoms with Crippen LogP contribution in [0.3, 0.4) is 0 Å². The number of benzene rings is 1. The molecule has 1 atom stereocenters. The van der Waals surface area contributed by atoms with E-state index in [4.69, 9.17) is 0 Å². The molecule has 2 saturated heterocycles. The molecule has 2 heterocycles. The zero-order valence-corrected chi connectivity index (χ0v) is 12.9. The molecule has 2 aliphatic rings. The van der Waals surface area contributed by atoms with Crippen LogP contribution in [0.15, 0.2) is 24.3 Å². The number of nitrogens with one attached hydrogen (secondary N) is 2. The molecule has 124 valence electrons. The highest BCUT2D eigenvalue weighted by Gasteiger charge is 2.31. The second-order valence-electron chi connectivity index (χ2n) is 5.99. The van der Waals surface area contributed by atoms with Gasteiger partial charge >= 0.3 is 6.03 Å². The van der Waals surface area contributed by atoms with Crippen molar-refractivity contribution in [3.05, 3.63) is 35.6 Å². The van der Waals surface area contributed by atoms with E-state index >= 15 is 0 Å². The van der Waals surface area contributed by atoms with Crippen molar-refractivity contribution in [3.63, 3.8) is 0 Å². The summed E-state index contributed by atoms with van der Waals surface area (Å²) in [5, 5.41) is 5.25. The summed E-state index contributed by atoms with van der Waals surface area (Å²) in [7, 11) is 0. The van der Waals surface area contributed by atoms with Crippen molar-refractivity contribution in [1.82, 2.24) is 20.4 Å². The summed E-state index contributed by atoms with van der Waals surface area (Å²) in [6.45, 7) is 4.13. The van der Waals surface area contributed by atoms with Crippen molar-refractivity contribution in [2.75, 3.05) is 32.7 Å². The molecule has 3 amide bonds. The van der Waals surface area contributed by atoms with Crippen LogP contribution in [0.1, 0.15) is 12.0 Å². The molecule has 2 fully saturated rings. The molecule has 0 spiro atoms. The molecule has 7 heteroatoms. The molecule has 2 aliphatic heterocycles. The molecule has 23 heavy (non-hydrogen) atoms. The van der Waals surface area contributed by atoms with E-state index < -0.39 is 6.04 Å². The molecule has 2 N–H and O–H groups in total. The van der Waals surface area contributed by atoms with Crippen LogP contribution in [0.25, 0.3) is 0 Å². The molecule has 1 aromatic carbocycles. The van der Waals surface area contributed by atoms with Crippen LogP contribution in [0.5, 0.6) is 0 Å². The van der Waals surface area contributed by atoms with Gasteiger partial charge in [-0.3, -0.25) is 9.69 Å². The lowest BCUT2D eigenvalue weighted by molar-refractivity contribution is -0.132. The third kappa shape index (κ3) is 3.98. The third-order valence-corrected chi connectivity index (χ3v) is 4.29. The summed E-state index contributed by atoms with van der Waals surface area (Å²) in [5.41, 5.74) is 1.07. The number of nitrogens with zero attached hydrogens (tertiary/aromatic N) is 2. The van der Waals surface area contributed by atoms with Crippen molar-refractivity contribution < 1.29 is 14.0 Å². The monoisotopic (exact) mass is 320 g/mol. The number of urea groups is 1. The van der Waals surface area contributed by atoms with Crippen LogP contribution in [-0.2, 0) is 11.3 Å². The van der Waals surface area contributed by atoms with Gasteiger partial charge in [0.1, 0.15) is 11.9 Å². The third-order valence-electron chi connectivity index (χ3n) is 4.29. The van der Waals surface area contributed by atoms with Gasteiger partial charge in [0.2, 0.25) is 5.91 Å². The number of hydrogen-bond donors (Lipinski definition) is 2. The molecule has 3 rings (SSSR count). The highest BCUT2D eigenvalue weighted by atomic mass is 19.1. The maximum absolute atomic E-state index is 13.0. The van der Waals surface area contributed by atoms with Gasteiger partial charge in [0.05, 0.1) is 0 Å². The normalized spacial score (nSPS) is 22.4. The van der Waals surface area contributed by atoms with Gasteiger partial charge in [0, 0.05) is 39.3 Å². The number of amides is 3. The highest BCUT2D eigenvalue weighted by molar-refractivity contribution is 5.90. The van der Waals surface area contributed by atoms with Crippen molar-refractivity contribution in [1.29, 1.82) is 0 Å². The van der Waals surface area contributed by atoms with Gasteiger partial charge in [-0.25, -0.2) is 9.18 Å². The first-order valence-electron chi connectivity index (χ1n) is 7.92. The quantitative estimate of drug-likeness (QED) is 0.854. The Morgan fingerprint density at radius 2 is 1.96 bits per heavy atom. The minimum Gasteiger partial charge on any atom is -0.340 e. The maximum atomic E-state index is 13.0. The molecule has 0 bridgehead atoms. The first-order valence-corrected chi connectivity index (χ1v) is 7.92. The molecule has 0 aromatic heterocycles. The number of hydrogen-bond acceptors (Lipinski definition) is 3. The number of rotatable bonds is 3. The predicted octanol–water partition coefficient (Wildman–Crippen LogP) is 0.541.